The van der Waals surface area contributed by atoms with E-state index in [1.165, 1.54) is 5.56 Å². The van der Waals surface area contributed by atoms with Gasteiger partial charge >= 0.3 is 0 Å². The fourth-order valence-corrected chi connectivity index (χ4v) is 2.38. The van der Waals surface area contributed by atoms with E-state index in [-0.39, 0.29) is 5.41 Å². The highest BCUT2D eigenvalue weighted by Gasteiger charge is 2.23. The van der Waals surface area contributed by atoms with E-state index in [9.17, 15) is 0 Å². The molecule has 0 aliphatic rings. The number of hydrogen-bond acceptors (Lipinski definition) is 2. The number of benzene rings is 1. The number of halogens is 1. The zero-order valence-corrected chi connectivity index (χ0v) is 13.4. The first kappa shape index (κ1) is 14.9. The second-order valence-electron chi connectivity index (χ2n) is 5.47. The molecule has 1 rings (SSSR count). The van der Waals surface area contributed by atoms with E-state index in [1.807, 2.05) is 12.1 Å². The van der Waals surface area contributed by atoms with Crippen LogP contribution < -0.4 is 4.74 Å². The van der Waals surface area contributed by atoms with Crippen LogP contribution in [0.5, 0.6) is 5.75 Å². The normalized spacial score (nSPS) is 13.5. The molecular weight excluding hydrogens is 296 g/mol. The van der Waals surface area contributed by atoms with Gasteiger partial charge in [-0.15, -0.1) is 0 Å². The predicted octanol–water partition coefficient (Wildman–Crippen LogP) is 4.73. The Labute approximate surface area is 118 Å². The molecule has 0 bridgehead atoms. The van der Waals surface area contributed by atoms with Crippen LogP contribution in [0, 0.1) is 18.3 Å². The monoisotopic (exact) mass is 316 g/mol. The molecule has 17 heavy (non-hydrogen) atoms. The SMILES string of the molecule is Cc1cc(OCC(CS)C(C)(C)C)ccc1Br. The minimum absolute atomic E-state index is 0.228. The van der Waals surface area contributed by atoms with Crippen molar-refractivity contribution in [3.63, 3.8) is 0 Å². The van der Waals surface area contributed by atoms with Crippen molar-refractivity contribution >= 4 is 28.6 Å². The van der Waals surface area contributed by atoms with Crippen molar-refractivity contribution in [1.29, 1.82) is 0 Å². The Bertz CT molecular complexity index is 371. The lowest BCUT2D eigenvalue weighted by molar-refractivity contribution is 0.165. The van der Waals surface area contributed by atoms with Crippen molar-refractivity contribution in [2.45, 2.75) is 27.7 Å². The highest BCUT2D eigenvalue weighted by atomic mass is 79.9. The smallest absolute Gasteiger partial charge is 0.119 e. The summed E-state index contributed by atoms with van der Waals surface area (Å²) in [5, 5.41) is 0. The molecule has 0 spiro atoms. The molecule has 1 aromatic rings. The van der Waals surface area contributed by atoms with Crippen LogP contribution in [0.25, 0.3) is 0 Å². The minimum Gasteiger partial charge on any atom is -0.493 e. The molecule has 1 unspecified atom stereocenters. The maximum Gasteiger partial charge on any atom is 0.119 e. The van der Waals surface area contributed by atoms with E-state index in [2.05, 4.69) is 62.3 Å². The van der Waals surface area contributed by atoms with Crippen molar-refractivity contribution in [2.75, 3.05) is 12.4 Å². The molecule has 0 aliphatic carbocycles. The van der Waals surface area contributed by atoms with Crippen molar-refractivity contribution in [1.82, 2.24) is 0 Å². The van der Waals surface area contributed by atoms with E-state index in [1.54, 1.807) is 0 Å². The van der Waals surface area contributed by atoms with E-state index >= 15 is 0 Å². The number of aryl methyl sites for hydroxylation is 1. The fraction of sp³-hybridized carbons (Fsp3) is 0.571. The lowest BCUT2D eigenvalue weighted by Gasteiger charge is -2.29. The van der Waals surface area contributed by atoms with Crippen LogP contribution in [0.1, 0.15) is 26.3 Å². The van der Waals surface area contributed by atoms with Crippen molar-refractivity contribution in [3.8, 4) is 5.75 Å². The third kappa shape index (κ3) is 4.55. The first-order valence-electron chi connectivity index (χ1n) is 5.84. The second-order valence-corrected chi connectivity index (χ2v) is 6.69. The van der Waals surface area contributed by atoms with Gasteiger partial charge in [0, 0.05) is 10.4 Å². The second kappa shape index (κ2) is 6.14. The molecule has 0 saturated carbocycles. The number of thiol groups is 1. The maximum absolute atomic E-state index is 5.85. The topological polar surface area (TPSA) is 9.23 Å². The van der Waals surface area contributed by atoms with Crippen molar-refractivity contribution in [3.05, 3.63) is 28.2 Å². The molecule has 0 fully saturated rings. The predicted molar refractivity (Wildman–Crippen MR) is 81.2 cm³/mol. The zero-order valence-electron chi connectivity index (χ0n) is 11.0. The summed E-state index contributed by atoms with van der Waals surface area (Å²) in [4.78, 5) is 0. The quantitative estimate of drug-likeness (QED) is 0.790. The summed E-state index contributed by atoms with van der Waals surface area (Å²) >= 11 is 7.89. The van der Waals surface area contributed by atoms with Gasteiger partial charge < -0.3 is 4.74 Å². The van der Waals surface area contributed by atoms with Gasteiger partial charge in [0.25, 0.3) is 0 Å². The van der Waals surface area contributed by atoms with Crippen LogP contribution in [0.3, 0.4) is 0 Å². The first-order valence-corrected chi connectivity index (χ1v) is 7.27. The average molecular weight is 317 g/mol. The lowest BCUT2D eigenvalue weighted by atomic mass is 9.82. The van der Waals surface area contributed by atoms with Gasteiger partial charge in [-0.05, 0) is 41.9 Å². The van der Waals surface area contributed by atoms with E-state index in [4.69, 9.17) is 4.74 Å². The van der Waals surface area contributed by atoms with Gasteiger partial charge in [-0.1, -0.05) is 36.7 Å². The Kier molecular flexibility index (Phi) is 5.39. The summed E-state index contributed by atoms with van der Waals surface area (Å²) < 4.78 is 6.97. The molecule has 0 saturated heterocycles. The maximum atomic E-state index is 5.85. The first-order chi connectivity index (χ1) is 7.84. The molecule has 0 aromatic heterocycles. The largest absolute Gasteiger partial charge is 0.493 e. The van der Waals surface area contributed by atoms with Crippen LogP contribution >= 0.6 is 28.6 Å². The van der Waals surface area contributed by atoms with Gasteiger partial charge in [0.15, 0.2) is 0 Å². The lowest BCUT2D eigenvalue weighted by Crippen LogP contribution is -2.28. The van der Waals surface area contributed by atoms with Crippen molar-refractivity contribution in [2.24, 2.45) is 11.3 Å². The number of rotatable bonds is 4. The molecule has 1 aromatic carbocycles. The number of ether oxygens (including phenoxy) is 1. The molecule has 0 radical (unpaired) electrons. The van der Waals surface area contributed by atoms with Gasteiger partial charge in [0.2, 0.25) is 0 Å². The summed E-state index contributed by atoms with van der Waals surface area (Å²) in [6, 6.07) is 6.08. The molecule has 96 valence electrons. The molecule has 3 heteroatoms. The van der Waals surface area contributed by atoms with Gasteiger partial charge in [-0.2, -0.15) is 12.6 Å². The fourth-order valence-electron chi connectivity index (χ4n) is 1.48. The number of hydrogen-bond donors (Lipinski definition) is 1. The Morgan fingerprint density at radius 3 is 2.47 bits per heavy atom. The van der Waals surface area contributed by atoms with Crippen LogP contribution in [-0.2, 0) is 0 Å². The van der Waals surface area contributed by atoms with Gasteiger partial charge in [-0.25, -0.2) is 0 Å². The standard InChI is InChI=1S/C14H21BrOS/c1-10-7-12(5-6-13(10)15)16-8-11(9-17)14(2,3)4/h5-7,11,17H,8-9H2,1-4H3. The third-order valence-electron chi connectivity index (χ3n) is 3.03. The Balaban J connectivity index is 2.63. The zero-order chi connectivity index (χ0) is 13.1. The Hall–Kier alpha value is -0.150. The van der Waals surface area contributed by atoms with Crippen molar-refractivity contribution < 1.29 is 4.74 Å². The Morgan fingerprint density at radius 2 is 2.00 bits per heavy atom. The van der Waals surface area contributed by atoms with E-state index in [0.29, 0.717) is 12.5 Å². The minimum atomic E-state index is 0.228. The molecular formula is C14H21BrOS. The summed E-state index contributed by atoms with van der Waals surface area (Å²) in [5.41, 5.74) is 1.42. The molecule has 0 N–H and O–H groups in total. The van der Waals surface area contributed by atoms with Crippen LogP contribution in [0.2, 0.25) is 0 Å². The van der Waals surface area contributed by atoms with Crippen LogP contribution in [-0.4, -0.2) is 12.4 Å². The van der Waals surface area contributed by atoms with Gasteiger partial charge in [0.05, 0.1) is 6.61 Å². The van der Waals surface area contributed by atoms with Gasteiger partial charge in [0.1, 0.15) is 5.75 Å². The average Bonchev–Trinajstić information content (AvgIpc) is 2.22. The van der Waals surface area contributed by atoms with Crippen LogP contribution in [0.15, 0.2) is 22.7 Å². The Morgan fingerprint density at radius 1 is 1.35 bits per heavy atom. The molecule has 0 aliphatic heterocycles. The van der Waals surface area contributed by atoms with Crippen LogP contribution in [0.4, 0.5) is 0 Å². The van der Waals surface area contributed by atoms with E-state index in [0.717, 1.165) is 16.0 Å². The molecule has 1 nitrogen and oxygen atoms in total. The summed E-state index contributed by atoms with van der Waals surface area (Å²) in [5.74, 6) is 2.23. The molecule has 1 atom stereocenters. The molecule has 0 heterocycles. The van der Waals surface area contributed by atoms with Gasteiger partial charge in [-0.3, -0.25) is 0 Å². The summed E-state index contributed by atoms with van der Waals surface area (Å²) in [6.45, 7) is 9.46. The highest BCUT2D eigenvalue weighted by Crippen LogP contribution is 2.28. The summed E-state index contributed by atoms with van der Waals surface area (Å²) in [7, 11) is 0. The third-order valence-corrected chi connectivity index (χ3v) is 4.36. The highest BCUT2D eigenvalue weighted by molar-refractivity contribution is 9.10. The molecule has 0 amide bonds. The summed E-state index contributed by atoms with van der Waals surface area (Å²) in [6.07, 6.45) is 0. The van der Waals surface area contributed by atoms with E-state index < -0.39 is 0 Å².